The van der Waals surface area contributed by atoms with Crippen LogP contribution in [0, 0.1) is 26.7 Å². The maximum Gasteiger partial charge on any atom is 0.0477 e. The van der Waals surface area contributed by atoms with Crippen molar-refractivity contribution in [3.05, 3.63) is 34.4 Å². The van der Waals surface area contributed by atoms with E-state index in [0.29, 0.717) is 0 Å². The van der Waals surface area contributed by atoms with Crippen LogP contribution in [0.2, 0.25) is 0 Å². The largest absolute Gasteiger partial charge is 0.396 e. The number of hydrogen-bond acceptors (Lipinski definition) is 2. The molecule has 0 radical (unpaired) electrons. The molecule has 0 spiro atoms. The van der Waals surface area contributed by atoms with Crippen molar-refractivity contribution >= 4 is 0 Å². The van der Waals surface area contributed by atoms with Gasteiger partial charge in [-0.2, -0.15) is 0 Å². The molecule has 0 aliphatic heterocycles. The van der Waals surface area contributed by atoms with E-state index in [-0.39, 0.29) is 18.6 Å². The van der Waals surface area contributed by atoms with Crippen LogP contribution in [0.4, 0.5) is 0 Å². The molecule has 0 aliphatic rings. The average molecular weight is 221 g/mol. The highest BCUT2D eigenvalue weighted by molar-refractivity contribution is 5.40. The van der Waals surface area contributed by atoms with Gasteiger partial charge in [0.25, 0.3) is 0 Å². The minimum Gasteiger partial charge on any atom is -0.396 e. The van der Waals surface area contributed by atoms with Crippen molar-refractivity contribution in [2.24, 2.45) is 11.7 Å². The van der Waals surface area contributed by atoms with E-state index in [9.17, 15) is 5.11 Å². The number of nitrogens with two attached hydrogens (primary N) is 1. The van der Waals surface area contributed by atoms with E-state index in [1.54, 1.807) is 0 Å². The highest BCUT2D eigenvalue weighted by atomic mass is 16.3. The SMILES string of the molecule is CCC(CO)C(N)c1ccc(C)c(C)c1C. The average Bonchev–Trinajstić information content (AvgIpc) is 2.27. The van der Waals surface area contributed by atoms with Gasteiger partial charge in [-0.25, -0.2) is 0 Å². The van der Waals surface area contributed by atoms with Crippen LogP contribution in [0.25, 0.3) is 0 Å². The molecular formula is C14H23NO. The summed E-state index contributed by atoms with van der Waals surface area (Å²) < 4.78 is 0. The fraction of sp³-hybridized carbons (Fsp3) is 0.571. The van der Waals surface area contributed by atoms with Crippen LogP contribution < -0.4 is 5.73 Å². The minimum atomic E-state index is -0.0608. The van der Waals surface area contributed by atoms with E-state index in [2.05, 4.69) is 39.8 Å². The van der Waals surface area contributed by atoms with Gasteiger partial charge in [0, 0.05) is 18.6 Å². The Labute approximate surface area is 98.5 Å². The van der Waals surface area contributed by atoms with E-state index < -0.39 is 0 Å². The molecule has 2 heteroatoms. The molecule has 0 aromatic heterocycles. The van der Waals surface area contributed by atoms with Gasteiger partial charge < -0.3 is 10.8 Å². The first kappa shape index (κ1) is 13.2. The molecule has 0 fully saturated rings. The number of rotatable bonds is 4. The summed E-state index contributed by atoms with van der Waals surface area (Å²) in [6, 6.07) is 4.15. The van der Waals surface area contributed by atoms with Crippen molar-refractivity contribution in [1.29, 1.82) is 0 Å². The lowest BCUT2D eigenvalue weighted by Crippen LogP contribution is -2.24. The molecule has 0 heterocycles. The Kier molecular flexibility index (Phi) is 4.51. The molecule has 1 rings (SSSR count). The molecule has 0 bridgehead atoms. The summed E-state index contributed by atoms with van der Waals surface area (Å²) in [6.45, 7) is 8.57. The van der Waals surface area contributed by atoms with Crippen LogP contribution in [-0.4, -0.2) is 11.7 Å². The summed E-state index contributed by atoms with van der Waals surface area (Å²) >= 11 is 0. The molecule has 0 saturated carbocycles. The summed E-state index contributed by atoms with van der Waals surface area (Å²) in [5.74, 6) is 0.154. The molecule has 3 N–H and O–H groups in total. The highest BCUT2D eigenvalue weighted by Gasteiger charge is 2.19. The molecule has 0 saturated heterocycles. The van der Waals surface area contributed by atoms with E-state index in [1.165, 1.54) is 22.3 Å². The molecule has 1 aromatic rings. The third-order valence-corrected chi connectivity index (χ3v) is 3.73. The second-order valence-corrected chi connectivity index (χ2v) is 4.60. The monoisotopic (exact) mass is 221 g/mol. The van der Waals surface area contributed by atoms with Crippen LogP contribution in [0.1, 0.15) is 41.6 Å². The van der Waals surface area contributed by atoms with Gasteiger partial charge >= 0.3 is 0 Å². The summed E-state index contributed by atoms with van der Waals surface area (Å²) in [5, 5.41) is 9.29. The Balaban J connectivity index is 3.09. The molecule has 16 heavy (non-hydrogen) atoms. The Morgan fingerprint density at radius 2 is 1.81 bits per heavy atom. The van der Waals surface area contributed by atoms with E-state index >= 15 is 0 Å². The lowest BCUT2D eigenvalue weighted by atomic mass is 9.87. The fourth-order valence-corrected chi connectivity index (χ4v) is 2.09. The summed E-state index contributed by atoms with van der Waals surface area (Å²) in [4.78, 5) is 0. The standard InChI is InChI=1S/C14H23NO/c1-5-12(8-16)14(15)13-7-6-9(2)10(3)11(13)4/h6-7,12,14,16H,5,8,15H2,1-4H3. The van der Waals surface area contributed by atoms with Crippen LogP contribution >= 0.6 is 0 Å². The van der Waals surface area contributed by atoms with Crippen LogP contribution in [0.15, 0.2) is 12.1 Å². The third kappa shape index (κ3) is 2.45. The van der Waals surface area contributed by atoms with Gasteiger partial charge in [0.15, 0.2) is 0 Å². The van der Waals surface area contributed by atoms with Crippen molar-refractivity contribution in [2.75, 3.05) is 6.61 Å². The van der Waals surface area contributed by atoms with Gasteiger partial charge in [-0.15, -0.1) is 0 Å². The first-order chi connectivity index (χ1) is 7.52. The smallest absolute Gasteiger partial charge is 0.0477 e. The zero-order valence-corrected chi connectivity index (χ0v) is 10.7. The summed E-state index contributed by atoms with van der Waals surface area (Å²) in [6.07, 6.45) is 0.907. The molecule has 2 unspecified atom stereocenters. The van der Waals surface area contributed by atoms with Crippen molar-refractivity contribution in [1.82, 2.24) is 0 Å². The van der Waals surface area contributed by atoms with Crippen LogP contribution in [0.5, 0.6) is 0 Å². The summed E-state index contributed by atoms with van der Waals surface area (Å²) in [5.41, 5.74) is 11.3. The molecular weight excluding hydrogens is 198 g/mol. The lowest BCUT2D eigenvalue weighted by molar-refractivity contribution is 0.200. The predicted molar refractivity (Wildman–Crippen MR) is 68.4 cm³/mol. The Morgan fingerprint density at radius 3 is 2.31 bits per heavy atom. The molecule has 90 valence electrons. The topological polar surface area (TPSA) is 46.2 Å². The van der Waals surface area contributed by atoms with E-state index in [0.717, 1.165) is 6.42 Å². The van der Waals surface area contributed by atoms with Crippen LogP contribution in [0.3, 0.4) is 0 Å². The third-order valence-electron chi connectivity index (χ3n) is 3.73. The minimum absolute atomic E-state index is 0.0608. The zero-order valence-electron chi connectivity index (χ0n) is 10.7. The lowest BCUT2D eigenvalue weighted by Gasteiger charge is -2.24. The first-order valence-electron chi connectivity index (χ1n) is 5.96. The fourth-order valence-electron chi connectivity index (χ4n) is 2.09. The van der Waals surface area contributed by atoms with Crippen molar-refractivity contribution < 1.29 is 5.11 Å². The van der Waals surface area contributed by atoms with Gasteiger partial charge in [-0.1, -0.05) is 19.1 Å². The van der Waals surface area contributed by atoms with Gasteiger partial charge in [0.1, 0.15) is 0 Å². The normalized spacial score (nSPS) is 14.9. The Morgan fingerprint density at radius 1 is 1.19 bits per heavy atom. The Hall–Kier alpha value is -0.860. The van der Waals surface area contributed by atoms with Crippen molar-refractivity contribution in [2.45, 2.75) is 40.2 Å². The van der Waals surface area contributed by atoms with E-state index in [1.807, 2.05) is 0 Å². The quantitative estimate of drug-likeness (QED) is 0.821. The number of benzene rings is 1. The number of aliphatic hydroxyl groups is 1. The first-order valence-corrected chi connectivity index (χ1v) is 5.96. The second-order valence-electron chi connectivity index (χ2n) is 4.60. The van der Waals surface area contributed by atoms with Gasteiger partial charge in [-0.05, 0) is 49.4 Å². The number of aryl methyl sites for hydroxylation is 1. The summed E-state index contributed by atoms with van der Waals surface area (Å²) in [7, 11) is 0. The molecule has 1 aromatic carbocycles. The molecule has 0 aliphatic carbocycles. The molecule has 2 atom stereocenters. The predicted octanol–water partition coefficient (Wildman–Crippen LogP) is 2.63. The van der Waals surface area contributed by atoms with Gasteiger partial charge in [0.05, 0.1) is 0 Å². The van der Waals surface area contributed by atoms with Gasteiger partial charge in [0.2, 0.25) is 0 Å². The maximum absolute atomic E-state index is 9.29. The molecule has 2 nitrogen and oxygen atoms in total. The highest BCUT2D eigenvalue weighted by Crippen LogP contribution is 2.27. The Bertz CT molecular complexity index is 356. The van der Waals surface area contributed by atoms with Crippen LogP contribution in [-0.2, 0) is 0 Å². The number of hydrogen-bond donors (Lipinski definition) is 2. The number of aliphatic hydroxyl groups excluding tert-OH is 1. The van der Waals surface area contributed by atoms with E-state index in [4.69, 9.17) is 5.73 Å². The van der Waals surface area contributed by atoms with Crippen molar-refractivity contribution in [3.63, 3.8) is 0 Å². The van der Waals surface area contributed by atoms with Gasteiger partial charge in [-0.3, -0.25) is 0 Å². The zero-order chi connectivity index (χ0) is 12.3. The van der Waals surface area contributed by atoms with Crippen molar-refractivity contribution in [3.8, 4) is 0 Å². The molecule has 0 amide bonds. The second kappa shape index (κ2) is 5.46. The maximum atomic E-state index is 9.29.